The van der Waals surface area contributed by atoms with E-state index in [0.29, 0.717) is 37.1 Å². The lowest BCUT2D eigenvalue weighted by Crippen LogP contribution is -2.87. The molecule has 1 heterocycles. The van der Waals surface area contributed by atoms with Gasteiger partial charge in [0.1, 0.15) is 5.60 Å². The Labute approximate surface area is 211 Å². The number of carbonyl (C=O) groups excluding carboxylic acids is 1. The minimum atomic E-state index is -4.58. The molecule has 156 valence electrons. The molecule has 0 atom stereocenters. The van der Waals surface area contributed by atoms with Crippen LogP contribution in [0.25, 0.3) is 0 Å². The summed E-state index contributed by atoms with van der Waals surface area (Å²) in [6.45, 7) is 1.30. The number of esters is 1. The molecule has 0 aromatic heterocycles. The van der Waals surface area contributed by atoms with Crippen LogP contribution in [-0.2, 0) is 16.5 Å². The summed E-state index contributed by atoms with van der Waals surface area (Å²) in [4.78, 5) is 13.1. The van der Waals surface area contributed by atoms with Gasteiger partial charge in [-0.2, -0.15) is 13.2 Å². The average molecular weight is 762 g/mol. The number of halogens is 7. The molecule has 0 amide bonds. The van der Waals surface area contributed by atoms with Crippen LogP contribution in [0.15, 0.2) is 30.3 Å². The van der Waals surface area contributed by atoms with E-state index in [9.17, 15) is 18.0 Å². The molecule has 1 aliphatic rings. The van der Waals surface area contributed by atoms with E-state index < -0.39 is 23.3 Å². The molecule has 0 bridgehead atoms. The number of rotatable bonds is 3. The summed E-state index contributed by atoms with van der Waals surface area (Å²) in [6.07, 6.45) is -3.73. The van der Waals surface area contributed by atoms with Crippen LogP contribution < -0.4 is 5.32 Å². The molecule has 10 heteroatoms. The van der Waals surface area contributed by atoms with Crippen LogP contribution in [0.1, 0.15) is 34.3 Å². The van der Waals surface area contributed by atoms with E-state index in [-0.39, 0.29) is 5.02 Å². The molecule has 1 fully saturated rings. The van der Waals surface area contributed by atoms with E-state index in [1.54, 1.807) is 6.07 Å². The molecule has 3 rings (SSSR count). The normalized spacial score (nSPS) is 16.5. The van der Waals surface area contributed by atoms with Crippen molar-refractivity contribution in [1.29, 1.82) is 0 Å². The third-order valence-corrected chi connectivity index (χ3v) is 8.80. The van der Waals surface area contributed by atoms with Crippen LogP contribution in [0.2, 0.25) is 5.02 Å². The summed E-state index contributed by atoms with van der Waals surface area (Å²) in [5.74, 6) is -0.531. The summed E-state index contributed by atoms with van der Waals surface area (Å²) < 4.78 is 48.7. The summed E-state index contributed by atoms with van der Waals surface area (Å²) in [7, 11) is 0. The molecule has 29 heavy (non-hydrogen) atoms. The molecule has 0 saturated carbocycles. The Kier molecular flexibility index (Phi) is 7.65. The van der Waals surface area contributed by atoms with E-state index in [2.05, 4.69) is 73.1 Å². The lowest BCUT2D eigenvalue weighted by Gasteiger charge is -2.36. The third-order valence-electron chi connectivity index (χ3n) is 4.80. The highest BCUT2D eigenvalue weighted by Gasteiger charge is 2.42. The number of carbonyl (C=O) groups is 1. The fraction of sp³-hybridized carbons (Fsp3) is 0.316. The second-order valence-electron chi connectivity index (χ2n) is 6.69. The van der Waals surface area contributed by atoms with Gasteiger partial charge in [-0.1, -0.05) is 17.7 Å². The molecule has 2 N–H and O–H groups in total. The summed E-state index contributed by atoms with van der Waals surface area (Å²) >= 11 is 12.1. The number of hydrogen-bond acceptors (Lipinski definition) is 2. The van der Waals surface area contributed by atoms with Gasteiger partial charge in [0.2, 0.25) is 0 Å². The van der Waals surface area contributed by atoms with Gasteiger partial charge in [0.25, 0.3) is 0 Å². The maximum atomic E-state index is 13.4. The third kappa shape index (κ3) is 5.32. The fourth-order valence-electron chi connectivity index (χ4n) is 3.35. The van der Waals surface area contributed by atoms with Crippen LogP contribution in [0.4, 0.5) is 13.2 Å². The minimum Gasteiger partial charge on any atom is -0.450 e. The van der Waals surface area contributed by atoms with Gasteiger partial charge >= 0.3 is 12.1 Å². The molecule has 1 saturated heterocycles. The van der Waals surface area contributed by atoms with Crippen molar-refractivity contribution in [2.24, 2.45) is 0 Å². The molecule has 2 aromatic rings. The Balaban J connectivity index is 2.04. The average Bonchev–Trinajstić information content (AvgIpc) is 2.64. The van der Waals surface area contributed by atoms with E-state index in [4.69, 9.17) is 16.3 Å². The Morgan fingerprint density at radius 1 is 1.10 bits per heavy atom. The van der Waals surface area contributed by atoms with E-state index in [0.717, 1.165) is 16.8 Å². The molecular weight excluding hydrogens is 747 g/mol. The highest BCUT2D eigenvalue weighted by Crippen LogP contribution is 2.41. The van der Waals surface area contributed by atoms with E-state index >= 15 is 0 Å². The number of alkyl halides is 3. The van der Waals surface area contributed by atoms with E-state index in [1.165, 1.54) is 12.1 Å². The second-order valence-corrected chi connectivity index (χ2v) is 10.6. The first-order valence-corrected chi connectivity index (χ1v) is 12.2. The Bertz CT molecular complexity index is 947. The van der Waals surface area contributed by atoms with Crippen molar-refractivity contribution in [3.8, 4) is 0 Å². The summed E-state index contributed by atoms with van der Waals surface area (Å²) in [5.41, 5.74) is -1.29. The van der Waals surface area contributed by atoms with Gasteiger partial charge in [-0.3, -0.25) is 0 Å². The van der Waals surface area contributed by atoms with Gasteiger partial charge < -0.3 is 10.1 Å². The first-order chi connectivity index (χ1) is 13.5. The van der Waals surface area contributed by atoms with Crippen molar-refractivity contribution in [3.05, 3.63) is 62.8 Å². The van der Waals surface area contributed by atoms with Crippen molar-refractivity contribution in [1.82, 2.24) is 0 Å². The number of quaternary nitrogens is 1. The highest BCUT2D eigenvalue weighted by molar-refractivity contribution is 14.1. The molecule has 3 nitrogen and oxygen atoms in total. The quantitative estimate of drug-likeness (QED) is 0.252. The topological polar surface area (TPSA) is 42.9 Å². The predicted octanol–water partition coefficient (Wildman–Crippen LogP) is 5.58. The minimum absolute atomic E-state index is 0.325. The Hall–Kier alpha value is 0.140. The molecule has 0 aliphatic carbocycles. The van der Waals surface area contributed by atoms with Crippen molar-refractivity contribution in [3.63, 3.8) is 0 Å². The van der Waals surface area contributed by atoms with Crippen molar-refractivity contribution in [2.75, 3.05) is 13.1 Å². The monoisotopic (exact) mass is 762 g/mol. The smallest absolute Gasteiger partial charge is 0.417 e. The molecule has 0 unspecified atom stereocenters. The van der Waals surface area contributed by atoms with Gasteiger partial charge in [-0.25, -0.2) is 4.79 Å². The largest absolute Gasteiger partial charge is 0.450 e. The molecular formula is C19H15ClF3I3NO2+. The number of hydrogen-bond donors (Lipinski definition) is 1. The zero-order valence-corrected chi connectivity index (χ0v) is 22.0. The number of ether oxygens (including phenoxy) is 1. The highest BCUT2D eigenvalue weighted by atomic mass is 127. The lowest BCUT2D eigenvalue weighted by atomic mass is 9.84. The van der Waals surface area contributed by atoms with Gasteiger partial charge in [0.15, 0.2) is 0 Å². The number of piperidine rings is 1. The Morgan fingerprint density at radius 3 is 2.38 bits per heavy atom. The molecule has 0 spiro atoms. The summed E-state index contributed by atoms with van der Waals surface area (Å²) in [6, 6.07) is 7.45. The Morgan fingerprint density at radius 2 is 1.76 bits per heavy atom. The van der Waals surface area contributed by atoms with Gasteiger partial charge in [0, 0.05) is 23.6 Å². The zero-order valence-electron chi connectivity index (χ0n) is 14.8. The first kappa shape index (κ1) is 23.8. The maximum Gasteiger partial charge on any atom is 0.417 e. The molecule has 0 radical (unpaired) electrons. The van der Waals surface area contributed by atoms with Crippen LogP contribution in [0, 0.1) is 10.7 Å². The second kappa shape index (κ2) is 9.33. The van der Waals surface area contributed by atoms with Crippen LogP contribution in [-0.4, -0.2) is 19.1 Å². The van der Waals surface area contributed by atoms with Crippen molar-refractivity contribution in [2.45, 2.75) is 24.6 Å². The summed E-state index contributed by atoms with van der Waals surface area (Å²) in [5, 5.41) is 1.69. The van der Waals surface area contributed by atoms with Crippen LogP contribution in [0.5, 0.6) is 0 Å². The lowest BCUT2D eigenvalue weighted by molar-refractivity contribution is -0.668. The zero-order chi connectivity index (χ0) is 21.4. The van der Waals surface area contributed by atoms with Crippen molar-refractivity contribution < 1.29 is 28.0 Å². The maximum absolute atomic E-state index is 13.4. The van der Waals surface area contributed by atoms with Gasteiger partial charge in [-0.05, 0) is 97.6 Å². The first-order valence-electron chi connectivity index (χ1n) is 8.60. The van der Waals surface area contributed by atoms with Crippen LogP contribution >= 0.6 is 79.4 Å². The van der Waals surface area contributed by atoms with E-state index in [1.807, 2.05) is 6.07 Å². The fourth-order valence-corrected chi connectivity index (χ4v) is 5.95. The molecule has 2 aromatic carbocycles. The molecule has 1 aliphatic heterocycles. The predicted molar refractivity (Wildman–Crippen MR) is 129 cm³/mol. The van der Waals surface area contributed by atoms with Gasteiger partial charge in [-0.15, -0.1) is 0 Å². The van der Waals surface area contributed by atoms with Crippen molar-refractivity contribution >= 4 is 85.3 Å². The number of nitrogens with two attached hydrogens (primary N) is 1. The van der Waals surface area contributed by atoms with Crippen LogP contribution in [0.3, 0.4) is 0 Å². The SMILES string of the molecule is O=C(OC1(c2ccc(Cl)c(C(F)(F)F)c2)CC[NH2+]CC1)c1cc(I)cc(I)c1I. The standard InChI is InChI=1S/C19H14ClF3I3NO2/c20-14-2-1-10(7-13(14)19(21,22)23)18(3-5-27-6-4-18)29-17(28)12-8-11(24)9-15(25)16(12)26/h1-2,7-9,27H,3-6H2/p+1. The number of benzene rings is 2. The van der Waals surface area contributed by atoms with Gasteiger partial charge in [0.05, 0.1) is 29.2 Å².